The highest BCUT2D eigenvalue weighted by Crippen LogP contribution is 2.42. The molecule has 0 heterocycles. The van der Waals surface area contributed by atoms with Crippen molar-refractivity contribution in [1.29, 1.82) is 0 Å². The van der Waals surface area contributed by atoms with Gasteiger partial charge in [0.05, 0.1) is 6.61 Å². The van der Waals surface area contributed by atoms with Crippen LogP contribution in [0.4, 0.5) is 0 Å². The maximum atomic E-state index is 9.89. The standard InChI is InChI=1S/C18H36O2Si2/c1-15(2)22(16(3)4,17(5)6)20-13-10-11-18(19)12-14-21(7,8)9/h10-11,15-19H,13H2,1-9H3. The Morgan fingerprint density at radius 2 is 1.41 bits per heavy atom. The summed E-state index contributed by atoms with van der Waals surface area (Å²) in [5.41, 5.74) is 4.93. The fraction of sp³-hybridized carbons (Fsp3) is 0.778. The SMILES string of the molecule is CC(C)[Si](OCC=CC(O)C#C[Si](C)(C)C)(C(C)C)C(C)C. The van der Waals surface area contributed by atoms with E-state index < -0.39 is 22.5 Å². The van der Waals surface area contributed by atoms with Crippen molar-refractivity contribution in [3.8, 4) is 11.5 Å². The highest BCUT2D eigenvalue weighted by atomic mass is 28.4. The van der Waals surface area contributed by atoms with E-state index in [1.807, 2.05) is 6.08 Å². The fourth-order valence-electron chi connectivity index (χ4n) is 3.22. The van der Waals surface area contributed by atoms with Crippen LogP contribution in [0, 0.1) is 11.5 Å². The Balaban J connectivity index is 4.76. The molecule has 1 unspecified atom stereocenters. The fourth-order valence-corrected chi connectivity index (χ4v) is 9.18. The van der Waals surface area contributed by atoms with Crippen LogP contribution in [-0.4, -0.2) is 34.2 Å². The maximum absolute atomic E-state index is 9.89. The van der Waals surface area contributed by atoms with E-state index in [-0.39, 0.29) is 0 Å². The van der Waals surface area contributed by atoms with Gasteiger partial charge in [0.25, 0.3) is 0 Å². The Bertz CT molecular complexity index is 387. The largest absolute Gasteiger partial charge is 0.412 e. The van der Waals surface area contributed by atoms with Gasteiger partial charge in [-0.1, -0.05) is 73.2 Å². The lowest BCUT2D eigenvalue weighted by atomic mass is 10.3. The Morgan fingerprint density at radius 3 is 1.77 bits per heavy atom. The van der Waals surface area contributed by atoms with E-state index in [4.69, 9.17) is 4.43 Å². The molecule has 0 radical (unpaired) electrons. The number of hydrogen-bond acceptors (Lipinski definition) is 2. The van der Waals surface area contributed by atoms with Crippen molar-refractivity contribution < 1.29 is 9.53 Å². The third-order valence-corrected chi connectivity index (χ3v) is 11.0. The molecule has 0 rings (SSSR count). The maximum Gasteiger partial charge on any atom is 0.200 e. The van der Waals surface area contributed by atoms with Crippen molar-refractivity contribution >= 4 is 16.4 Å². The van der Waals surface area contributed by atoms with E-state index in [0.717, 1.165) is 0 Å². The molecule has 1 atom stereocenters. The molecule has 0 bridgehead atoms. The van der Waals surface area contributed by atoms with Crippen molar-refractivity contribution in [3.05, 3.63) is 12.2 Å². The minimum absolute atomic E-state index is 0.576. The number of aliphatic hydroxyl groups is 1. The van der Waals surface area contributed by atoms with Crippen molar-refractivity contribution in [2.45, 2.75) is 83.9 Å². The molecule has 128 valence electrons. The third kappa shape index (κ3) is 6.83. The van der Waals surface area contributed by atoms with Gasteiger partial charge in [0, 0.05) is 0 Å². The topological polar surface area (TPSA) is 29.5 Å². The summed E-state index contributed by atoms with van der Waals surface area (Å²) in [5.74, 6) is 2.92. The average molecular weight is 341 g/mol. The Morgan fingerprint density at radius 1 is 0.955 bits per heavy atom. The first-order valence-electron chi connectivity index (χ1n) is 8.44. The molecule has 22 heavy (non-hydrogen) atoms. The molecule has 0 aromatic rings. The summed E-state index contributed by atoms with van der Waals surface area (Å²) in [5, 5.41) is 9.89. The zero-order valence-electron chi connectivity index (χ0n) is 16.0. The summed E-state index contributed by atoms with van der Waals surface area (Å²) in [4.78, 5) is 0. The molecule has 0 saturated heterocycles. The second-order valence-electron chi connectivity index (χ2n) is 8.02. The molecule has 0 aliphatic rings. The quantitative estimate of drug-likeness (QED) is 0.402. The molecule has 1 N–H and O–H groups in total. The minimum Gasteiger partial charge on any atom is -0.412 e. The molecule has 0 spiro atoms. The molecule has 0 aromatic heterocycles. The van der Waals surface area contributed by atoms with Crippen LogP contribution in [0.1, 0.15) is 41.5 Å². The van der Waals surface area contributed by atoms with Crippen LogP contribution in [0.25, 0.3) is 0 Å². The number of aliphatic hydroxyl groups excluding tert-OH is 1. The molecular weight excluding hydrogens is 304 g/mol. The van der Waals surface area contributed by atoms with Crippen LogP contribution in [-0.2, 0) is 4.43 Å². The lowest BCUT2D eigenvalue weighted by Crippen LogP contribution is -2.47. The molecule has 0 saturated carbocycles. The van der Waals surface area contributed by atoms with Gasteiger partial charge in [-0.15, -0.1) is 5.54 Å². The second kappa shape index (κ2) is 9.07. The molecule has 0 amide bonds. The lowest BCUT2D eigenvalue weighted by molar-refractivity contribution is 0.276. The summed E-state index contributed by atoms with van der Waals surface area (Å²) in [6, 6.07) is 0. The first kappa shape index (κ1) is 21.7. The second-order valence-corrected chi connectivity index (χ2v) is 18.2. The van der Waals surface area contributed by atoms with Gasteiger partial charge in [-0.2, -0.15) is 0 Å². The van der Waals surface area contributed by atoms with E-state index in [2.05, 4.69) is 72.6 Å². The van der Waals surface area contributed by atoms with Gasteiger partial charge >= 0.3 is 0 Å². The smallest absolute Gasteiger partial charge is 0.200 e. The minimum atomic E-state index is -1.81. The molecule has 0 fully saturated rings. The van der Waals surface area contributed by atoms with Crippen LogP contribution in [0.15, 0.2) is 12.2 Å². The first-order valence-corrected chi connectivity index (χ1v) is 14.1. The van der Waals surface area contributed by atoms with Gasteiger partial charge < -0.3 is 9.53 Å². The van der Waals surface area contributed by atoms with Crippen LogP contribution >= 0.6 is 0 Å². The molecule has 4 heteroatoms. The average Bonchev–Trinajstić information content (AvgIpc) is 2.34. The number of hydrogen-bond donors (Lipinski definition) is 1. The molecule has 2 nitrogen and oxygen atoms in total. The van der Waals surface area contributed by atoms with E-state index >= 15 is 0 Å². The van der Waals surface area contributed by atoms with Crippen molar-refractivity contribution in [2.24, 2.45) is 0 Å². The lowest BCUT2D eigenvalue weighted by Gasteiger charge is -2.41. The van der Waals surface area contributed by atoms with Gasteiger partial charge in [-0.05, 0) is 22.7 Å². The first-order chi connectivity index (χ1) is 9.93. The third-order valence-electron chi connectivity index (χ3n) is 4.05. The van der Waals surface area contributed by atoms with E-state index in [1.165, 1.54) is 0 Å². The molecular formula is C18H36O2Si2. The summed E-state index contributed by atoms with van der Waals surface area (Å²) in [6.45, 7) is 20.8. The summed E-state index contributed by atoms with van der Waals surface area (Å²) in [6.07, 6.45) is 3.01. The van der Waals surface area contributed by atoms with Crippen molar-refractivity contribution in [2.75, 3.05) is 6.61 Å². The highest BCUT2D eigenvalue weighted by Gasteiger charge is 2.44. The van der Waals surface area contributed by atoms with Gasteiger partial charge in [0.2, 0.25) is 8.32 Å². The van der Waals surface area contributed by atoms with Crippen LogP contribution in [0.5, 0.6) is 0 Å². The van der Waals surface area contributed by atoms with Crippen LogP contribution in [0.2, 0.25) is 36.3 Å². The van der Waals surface area contributed by atoms with E-state index in [1.54, 1.807) is 6.08 Å². The Hall–Kier alpha value is -0.346. The van der Waals surface area contributed by atoms with Crippen molar-refractivity contribution in [3.63, 3.8) is 0 Å². The Labute approximate surface area is 140 Å². The predicted octanol–water partition coefficient (Wildman–Crippen LogP) is 4.98. The summed E-state index contributed by atoms with van der Waals surface area (Å²) >= 11 is 0. The van der Waals surface area contributed by atoms with E-state index in [0.29, 0.717) is 23.2 Å². The predicted molar refractivity (Wildman–Crippen MR) is 103 cm³/mol. The monoisotopic (exact) mass is 340 g/mol. The summed E-state index contributed by atoms with van der Waals surface area (Å²) < 4.78 is 6.41. The van der Waals surface area contributed by atoms with Crippen molar-refractivity contribution in [1.82, 2.24) is 0 Å². The highest BCUT2D eigenvalue weighted by molar-refractivity contribution is 6.83. The number of rotatable bonds is 7. The molecule has 0 aromatic carbocycles. The normalized spacial score (nSPS) is 14.8. The molecule has 0 aliphatic carbocycles. The van der Waals surface area contributed by atoms with Gasteiger partial charge in [-0.3, -0.25) is 0 Å². The zero-order valence-corrected chi connectivity index (χ0v) is 18.0. The van der Waals surface area contributed by atoms with Crippen LogP contribution < -0.4 is 0 Å². The van der Waals surface area contributed by atoms with Gasteiger partial charge in [-0.25, -0.2) is 0 Å². The summed E-state index contributed by atoms with van der Waals surface area (Å²) in [7, 11) is -3.23. The van der Waals surface area contributed by atoms with Gasteiger partial charge in [0.15, 0.2) is 0 Å². The molecule has 0 aliphatic heterocycles. The van der Waals surface area contributed by atoms with E-state index in [9.17, 15) is 5.11 Å². The Kier molecular flexibility index (Phi) is 8.93. The van der Waals surface area contributed by atoms with Gasteiger partial charge in [0.1, 0.15) is 14.2 Å². The van der Waals surface area contributed by atoms with Crippen LogP contribution in [0.3, 0.4) is 0 Å². The zero-order chi connectivity index (χ0) is 17.6.